The SMILES string of the molecule is O=C(NNC(=S)NCc1ccc(OC(F)(F)F)cc1)c1cn2ccc(Cl)cc2n1. The summed E-state index contributed by atoms with van der Waals surface area (Å²) in [5.41, 5.74) is 6.25. The van der Waals surface area contributed by atoms with Crippen LogP contribution >= 0.6 is 23.8 Å². The number of ether oxygens (including phenoxy) is 1. The van der Waals surface area contributed by atoms with E-state index in [0.717, 1.165) is 0 Å². The number of nitrogens with one attached hydrogen (secondary N) is 3. The molecule has 2 heterocycles. The molecule has 0 unspecified atom stereocenters. The molecule has 3 rings (SSSR count). The second-order valence-corrected chi connectivity index (χ2v) is 6.53. The van der Waals surface area contributed by atoms with E-state index in [1.807, 2.05) is 0 Å². The van der Waals surface area contributed by atoms with Crippen LogP contribution in [0.4, 0.5) is 13.2 Å². The number of hydrogen-bond donors (Lipinski definition) is 3. The lowest BCUT2D eigenvalue weighted by molar-refractivity contribution is -0.274. The van der Waals surface area contributed by atoms with Gasteiger partial charge >= 0.3 is 6.36 Å². The summed E-state index contributed by atoms with van der Waals surface area (Å²) in [6.45, 7) is 0.223. The van der Waals surface area contributed by atoms with E-state index in [1.165, 1.54) is 30.5 Å². The predicted octanol–water partition coefficient (Wildman–Crippen LogP) is 3.20. The van der Waals surface area contributed by atoms with Crippen LogP contribution in [0.15, 0.2) is 48.8 Å². The molecular weight excluding hydrogens is 431 g/mol. The Morgan fingerprint density at radius 1 is 1.21 bits per heavy atom. The minimum atomic E-state index is -4.74. The van der Waals surface area contributed by atoms with E-state index in [1.54, 1.807) is 22.7 Å². The number of hydrogen-bond acceptors (Lipinski definition) is 4. The summed E-state index contributed by atoms with van der Waals surface area (Å²) >= 11 is 10.9. The van der Waals surface area contributed by atoms with Gasteiger partial charge in [0, 0.05) is 30.0 Å². The topological polar surface area (TPSA) is 79.7 Å². The number of fused-ring (bicyclic) bond motifs is 1. The highest BCUT2D eigenvalue weighted by Crippen LogP contribution is 2.22. The Labute approximate surface area is 172 Å². The lowest BCUT2D eigenvalue weighted by atomic mass is 10.2. The summed E-state index contributed by atoms with van der Waals surface area (Å²) in [6, 6.07) is 8.57. The van der Waals surface area contributed by atoms with Gasteiger partial charge in [-0.15, -0.1) is 13.2 Å². The van der Waals surface area contributed by atoms with Gasteiger partial charge in [-0.3, -0.25) is 15.6 Å². The number of carbonyl (C=O) groups is 1. The fraction of sp³-hybridized carbons (Fsp3) is 0.118. The van der Waals surface area contributed by atoms with E-state index >= 15 is 0 Å². The Morgan fingerprint density at radius 3 is 2.62 bits per heavy atom. The Balaban J connectivity index is 1.47. The minimum absolute atomic E-state index is 0.112. The van der Waals surface area contributed by atoms with Crippen molar-refractivity contribution in [3.8, 4) is 5.75 Å². The molecule has 0 aliphatic heterocycles. The summed E-state index contributed by atoms with van der Waals surface area (Å²) in [7, 11) is 0. The number of halogens is 4. The molecule has 3 aromatic rings. The number of benzene rings is 1. The zero-order chi connectivity index (χ0) is 21.0. The molecule has 0 spiro atoms. The Hall–Kier alpha value is -3.05. The highest BCUT2D eigenvalue weighted by molar-refractivity contribution is 7.80. The largest absolute Gasteiger partial charge is 0.573 e. The van der Waals surface area contributed by atoms with Crippen LogP contribution in [0.2, 0.25) is 5.02 Å². The number of pyridine rings is 1. The van der Waals surface area contributed by atoms with Gasteiger partial charge in [0.25, 0.3) is 5.91 Å². The molecule has 0 fully saturated rings. The molecule has 1 aromatic carbocycles. The van der Waals surface area contributed by atoms with Gasteiger partial charge in [0.1, 0.15) is 17.1 Å². The summed E-state index contributed by atoms with van der Waals surface area (Å²) in [5, 5.41) is 3.42. The Kier molecular flexibility index (Phi) is 6.09. The number of nitrogens with zero attached hydrogens (tertiary/aromatic N) is 2. The summed E-state index contributed by atoms with van der Waals surface area (Å²) in [4.78, 5) is 16.3. The van der Waals surface area contributed by atoms with E-state index in [-0.39, 0.29) is 23.1 Å². The third-order valence-corrected chi connectivity index (χ3v) is 4.04. The Bertz CT molecular complexity index is 1040. The van der Waals surface area contributed by atoms with E-state index in [2.05, 4.69) is 25.9 Å². The maximum atomic E-state index is 12.2. The number of aromatic nitrogens is 2. The van der Waals surface area contributed by atoms with Gasteiger partial charge < -0.3 is 14.5 Å². The van der Waals surface area contributed by atoms with Crippen molar-refractivity contribution in [2.45, 2.75) is 12.9 Å². The molecular formula is C17H13ClF3N5O2S. The zero-order valence-electron chi connectivity index (χ0n) is 14.5. The van der Waals surface area contributed by atoms with Crippen LogP contribution in [0.25, 0.3) is 5.65 Å². The second-order valence-electron chi connectivity index (χ2n) is 5.69. The van der Waals surface area contributed by atoms with Crippen molar-refractivity contribution in [2.24, 2.45) is 0 Å². The van der Waals surface area contributed by atoms with Crippen molar-refractivity contribution in [1.82, 2.24) is 25.6 Å². The van der Waals surface area contributed by atoms with E-state index in [4.69, 9.17) is 23.8 Å². The third kappa shape index (κ3) is 5.96. The molecule has 0 aliphatic carbocycles. The molecule has 12 heteroatoms. The smallest absolute Gasteiger partial charge is 0.406 e. The number of hydrazine groups is 1. The van der Waals surface area contributed by atoms with Gasteiger partial charge in [0.2, 0.25) is 0 Å². The predicted molar refractivity (Wildman–Crippen MR) is 103 cm³/mol. The Morgan fingerprint density at radius 2 is 1.93 bits per heavy atom. The summed E-state index contributed by atoms with van der Waals surface area (Å²) in [6.07, 6.45) is -1.54. The zero-order valence-corrected chi connectivity index (χ0v) is 16.0. The van der Waals surface area contributed by atoms with Crippen molar-refractivity contribution in [3.05, 3.63) is 65.1 Å². The summed E-state index contributed by atoms with van der Waals surface area (Å²) in [5.74, 6) is -0.828. The van der Waals surface area contributed by atoms with Gasteiger partial charge in [-0.1, -0.05) is 23.7 Å². The molecule has 152 valence electrons. The number of imidazole rings is 1. The second kappa shape index (κ2) is 8.53. The molecule has 1 amide bonds. The quantitative estimate of drug-likeness (QED) is 0.424. The van der Waals surface area contributed by atoms with Crippen LogP contribution in [-0.2, 0) is 6.54 Å². The van der Waals surface area contributed by atoms with Crippen molar-refractivity contribution < 1.29 is 22.7 Å². The molecule has 3 N–H and O–H groups in total. The van der Waals surface area contributed by atoms with Gasteiger partial charge in [-0.05, 0) is 36.0 Å². The fourth-order valence-corrected chi connectivity index (χ4v) is 2.56. The van der Waals surface area contributed by atoms with Gasteiger partial charge in [0.15, 0.2) is 5.11 Å². The normalized spacial score (nSPS) is 11.2. The molecule has 29 heavy (non-hydrogen) atoms. The number of rotatable bonds is 4. The first-order chi connectivity index (χ1) is 13.7. The maximum Gasteiger partial charge on any atom is 0.573 e. The highest BCUT2D eigenvalue weighted by atomic mass is 35.5. The molecule has 2 aromatic heterocycles. The van der Waals surface area contributed by atoms with Gasteiger partial charge in [0.05, 0.1) is 0 Å². The monoisotopic (exact) mass is 443 g/mol. The van der Waals surface area contributed by atoms with Crippen LogP contribution in [0.3, 0.4) is 0 Å². The van der Waals surface area contributed by atoms with E-state index in [0.29, 0.717) is 16.2 Å². The number of alkyl halides is 3. The standard InChI is InChI=1S/C17H13ClF3N5O2S/c18-11-5-6-26-9-13(23-14(26)7-11)15(27)24-25-16(29)22-8-10-1-3-12(4-2-10)28-17(19,20)21/h1-7,9H,8H2,(H,24,27)(H2,22,25,29). The first-order valence-electron chi connectivity index (χ1n) is 8.03. The fourth-order valence-electron chi connectivity index (χ4n) is 2.28. The van der Waals surface area contributed by atoms with Crippen LogP contribution in [0.5, 0.6) is 5.75 Å². The van der Waals surface area contributed by atoms with Crippen LogP contribution in [0.1, 0.15) is 16.1 Å². The highest BCUT2D eigenvalue weighted by Gasteiger charge is 2.30. The van der Waals surface area contributed by atoms with Crippen LogP contribution in [-0.4, -0.2) is 26.8 Å². The third-order valence-electron chi connectivity index (χ3n) is 3.55. The number of carbonyl (C=O) groups excluding carboxylic acids is 1. The summed E-state index contributed by atoms with van der Waals surface area (Å²) < 4.78 is 41.9. The van der Waals surface area contributed by atoms with E-state index in [9.17, 15) is 18.0 Å². The molecule has 0 bridgehead atoms. The van der Waals surface area contributed by atoms with Crippen molar-refractivity contribution in [1.29, 1.82) is 0 Å². The molecule has 0 aliphatic rings. The lowest BCUT2D eigenvalue weighted by Gasteiger charge is -2.12. The molecule has 7 nitrogen and oxygen atoms in total. The number of thiocarbonyl (C=S) groups is 1. The van der Waals surface area contributed by atoms with Crippen LogP contribution < -0.4 is 20.9 Å². The molecule has 0 atom stereocenters. The lowest BCUT2D eigenvalue weighted by Crippen LogP contribution is -2.46. The van der Waals surface area contributed by atoms with E-state index < -0.39 is 12.3 Å². The average molecular weight is 444 g/mol. The first-order valence-corrected chi connectivity index (χ1v) is 8.81. The molecule has 0 radical (unpaired) electrons. The number of amides is 1. The average Bonchev–Trinajstić information content (AvgIpc) is 3.07. The van der Waals surface area contributed by atoms with Gasteiger partial charge in [-0.25, -0.2) is 4.98 Å². The minimum Gasteiger partial charge on any atom is -0.406 e. The first kappa shape index (κ1) is 20.7. The molecule has 0 saturated heterocycles. The van der Waals surface area contributed by atoms with Crippen molar-refractivity contribution in [2.75, 3.05) is 0 Å². The van der Waals surface area contributed by atoms with Gasteiger partial charge in [-0.2, -0.15) is 0 Å². The molecule has 0 saturated carbocycles. The van der Waals surface area contributed by atoms with Crippen LogP contribution in [0, 0.1) is 0 Å². The van der Waals surface area contributed by atoms with Crippen molar-refractivity contribution in [3.63, 3.8) is 0 Å². The maximum absolute atomic E-state index is 12.2. The van der Waals surface area contributed by atoms with Crippen molar-refractivity contribution >= 4 is 40.5 Å².